The zero-order valence-electron chi connectivity index (χ0n) is 15.5. The number of benzene rings is 2. The van der Waals surface area contributed by atoms with E-state index in [9.17, 15) is 4.79 Å². The molecule has 0 aliphatic carbocycles. The van der Waals surface area contributed by atoms with Crippen LogP contribution in [0.25, 0.3) is 16.9 Å². The Morgan fingerprint density at radius 3 is 2.26 bits per heavy atom. The third-order valence-electron chi connectivity index (χ3n) is 4.03. The van der Waals surface area contributed by atoms with Crippen molar-refractivity contribution in [3.63, 3.8) is 0 Å². The number of halogens is 2. The fourth-order valence-corrected chi connectivity index (χ4v) is 3.40. The van der Waals surface area contributed by atoms with Gasteiger partial charge < -0.3 is 5.73 Å². The molecule has 1 amide bonds. The first kappa shape index (κ1) is 19.5. The van der Waals surface area contributed by atoms with Crippen LogP contribution in [-0.2, 0) is 6.42 Å². The Morgan fingerprint density at radius 2 is 1.70 bits per heavy atom. The van der Waals surface area contributed by atoms with Gasteiger partial charge in [0.05, 0.1) is 5.69 Å². The SMILES string of the molecule is CC(C)(C)Cc1nc(C(N)=O)c(-c2cccc(Cl)c2)n1-c1cccc(Cl)c1. The van der Waals surface area contributed by atoms with Crippen molar-refractivity contribution in [3.05, 3.63) is 70.1 Å². The minimum Gasteiger partial charge on any atom is -0.364 e. The van der Waals surface area contributed by atoms with Crippen molar-refractivity contribution in [3.8, 4) is 16.9 Å². The maximum atomic E-state index is 12.2. The van der Waals surface area contributed by atoms with Crippen LogP contribution in [0.4, 0.5) is 0 Å². The number of amides is 1. The van der Waals surface area contributed by atoms with Crippen LogP contribution in [0.1, 0.15) is 37.1 Å². The first-order valence-corrected chi connectivity index (χ1v) is 9.34. The Morgan fingerprint density at radius 1 is 1.07 bits per heavy atom. The molecule has 3 rings (SSSR count). The molecule has 0 aliphatic rings. The minimum atomic E-state index is -0.582. The highest BCUT2D eigenvalue weighted by atomic mass is 35.5. The van der Waals surface area contributed by atoms with Crippen molar-refractivity contribution >= 4 is 29.1 Å². The van der Waals surface area contributed by atoms with Crippen LogP contribution in [0.3, 0.4) is 0 Å². The number of nitrogens with two attached hydrogens (primary N) is 1. The highest BCUT2D eigenvalue weighted by Crippen LogP contribution is 2.33. The molecule has 2 N–H and O–H groups in total. The van der Waals surface area contributed by atoms with E-state index in [-0.39, 0.29) is 11.1 Å². The topological polar surface area (TPSA) is 60.9 Å². The van der Waals surface area contributed by atoms with Crippen LogP contribution in [0.5, 0.6) is 0 Å². The van der Waals surface area contributed by atoms with Gasteiger partial charge in [0, 0.05) is 27.7 Å². The van der Waals surface area contributed by atoms with Gasteiger partial charge in [0.25, 0.3) is 5.91 Å². The Labute approximate surface area is 168 Å². The lowest BCUT2D eigenvalue weighted by Gasteiger charge is -2.20. The number of imidazole rings is 1. The van der Waals surface area contributed by atoms with Gasteiger partial charge in [-0.15, -0.1) is 0 Å². The second-order valence-electron chi connectivity index (χ2n) is 7.65. The first-order chi connectivity index (χ1) is 12.7. The van der Waals surface area contributed by atoms with Crippen LogP contribution in [0.15, 0.2) is 48.5 Å². The normalized spacial score (nSPS) is 11.6. The van der Waals surface area contributed by atoms with Crippen molar-refractivity contribution < 1.29 is 4.79 Å². The lowest BCUT2D eigenvalue weighted by atomic mass is 9.92. The van der Waals surface area contributed by atoms with Crippen LogP contribution in [0.2, 0.25) is 10.0 Å². The fraction of sp³-hybridized carbons (Fsp3) is 0.238. The van der Waals surface area contributed by atoms with Gasteiger partial charge >= 0.3 is 0 Å². The summed E-state index contributed by atoms with van der Waals surface area (Å²) >= 11 is 12.4. The summed E-state index contributed by atoms with van der Waals surface area (Å²) in [5.74, 6) is 0.162. The summed E-state index contributed by atoms with van der Waals surface area (Å²) in [5.41, 5.74) is 8.05. The number of aromatic nitrogens is 2. The van der Waals surface area contributed by atoms with E-state index in [4.69, 9.17) is 28.9 Å². The number of carbonyl (C=O) groups excluding carboxylic acids is 1. The molecule has 0 saturated heterocycles. The van der Waals surface area contributed by atoms with Crippen molar-refractivity contribution in [1.82, 2.24) is 9.55 Å². The third kappa shape index (κ3) is 4.34. The fourth-order valence-electron chi connectivity index (χ4n) is 3.03. The minimum absolute atomic E-state index is 0.0395. The summed E-state index contributed by atoms with van der Waals surface area (Å²) in [7, 11) is 0. The van der Waals surface area contributed by atoms with Crippen molar-refractivity contribution in [2.24, 2.45) is 11.1 Å². The number of nitrogens with zero attached hydrogens (tertiary/aromatic N) is 2. The molecule has 2 aromatic carbocycles. The van der Waals surface area contributed by atoms with E-state index in [1.54, 1.807) is 18.2 Å². The molecule has 0 spiro atoms. The standard InChI is InChI=1S/C21H21Cl2N3O/c1-21(2,3)12-17-25-18(20(24)27)19(13-6-4-7-14(22)10-13)26(17)16-9-5-8-15(23)11-16/h4-11H,12H2,1-3H3,(H2,24,27). The summed E-state index contributed by atoms with van der Waals surface area (Å²) in [6.07, 6.45) is 0.653. The maximum Gasteiger partial charge on any atom is 0.269 e. The van der Waals surface area contributed by atoms with Gasteiger partial charge in [0.2, 0.25) is 0 Å². The molecule has 0 aliphatic heterocycles. The summed E-state index contributed by atoms with van der Waals surface area (Å²) in [6.45, 7) is 6.35. The van der Waals surface area contributed by atoms with E-state index < -0.39 is 5.91 Å². The monoisotopic (exact) mass is 401 g/mol. The number of hydrogen-bond donors (Lipinski definition) is 1. The van der Waals surface area contributed by atoms with Crippen LogP contribution < -0.4 is 5.73 Å². The predicted molar refractivity (Wildman–Crippen MR) is 111 cm³/mol. The number of rotatable bonds is 4. The summed E-state index contributed by atoms with van der Waals surface area (Å²) in [6, 6.07) is 14.7. The molecule has 27 heavy (non-hydrogen) atoms. The molecule has 1 aromatic heterocycles. The van der Waals surface area contributed by atoms with Gasteiger partial charge in [0.15, 0.2) is 5.69 Å². The lowest BCUT2D eigenvalue weighted by Crippen LogP contribution is -2.14. The molecule has 0 unspecified atom stereocenters. The molecule has 0 atom stereocenters. The highest BCUT2D eigenvalue weighted by Gasteiger charge is 2.26. The summed E-state index contributed by atoms with van der Waals surface area (Å²) in [4.78, 5) is 16.8. The van der Waals surface area contributed by atoms with Gasteiger partial charge in [-0.25, -0.2) is 4.98 Å². The van der Waals surface area contributed by atoms with E-state index in [2.05, 4.69) is 25.8 Å². The zero-order chi connectivity index (χ0) is 19.8. The molecule has 0 bridgehead atoms. The summed E-state index contributed by atoms with van der Waals surface area (Å²) in [5, 5.41) is 1.17. The smallest absolute Gasteiger partial charge is 0.269 e. The first-order valence-electron chi connectivity index (χ1n) is 8.59. The second kappa shape index (κ2) is 7.37. The molecule has 1 heterocycles. The average molecular weight is 402 g/mol. The number of carbonyl (C=O) groups is 1. The van der Waals surface area contributed by atoms with Crippen molar-refractivity contribution in [1.29, 1.82) is 0 Å². The van der Waals surface area contributed by atoms with Gasteiger partial charge in [0.1, 0.15) is 5.82 Å². The molecule has 0 fully saturated rings. The highest BCUT2D eigenvalue weighted by molar-refractivity contribution is 6.31. The van der Waals surface area contributed by atoms with Crippen LogP contribution in [0, 0.1) is 5.41 Å². The van der Waals surface area contributed by atoms with E-state index in [0.717, 1.165) is 17.1 Å². The maximum absolute atomic E-state index is 12.2. The van der Waals surface area contributed by atoms with E-state index in [0.29, 0.717) is 22.2 Å². The van der Waals surface area contributed by atoms with Gasteiger partial charge in [-0.3, -0.25) is 9.36 Å². The Kier molecular flexibility index (Phi) is 5.31. The van der Waals surface area contributed by atoms with E-state index in [1.165, 1.54) is 0 Å². The Hall–Kier alpha value is -2.30. The molecule has 0 radical (unpaired) electrons. The quantitative estimate of drug-likeness (QED) is 0.623. The van der Waals surface area contributed by atoms with Crippen LogP contribution in [-0.4, -0.2) is 15.5 Å². The van der Waals surface area contributed by atoms with Crippen molar-refractivity contribution in [2.75, 3.05) is 0 Å². The molecule has 4 nitrogen and oxygen atoms in total. The van der Waals surface area contributed by atoms with E-state index in [1.807, 2.05) is 34.9 Å². The van der Waals surface area contributed by atoms with Crippen LogP contribution >= 0.6 is 23.2 Å². The molecular weight excluding hydrogens is 381 g/mol. The predicted octanol–water partition coefficient (Wildman–Crippen LogP) is 5.53. The van der Waals surface area contributed by atoms with Gasteiger partial charge in [-0.1, -0.05) is 62.2 Å². The largest absolute Gasteiger partial charge is 0.364 e. The molecule has 3 aromatic rings. The Balaban J connectivity index is 2.37. The second-order valence-corrected chi connectivity index (χ2v) is 8.53. The lowest BCUT2D eigenvalue weighted by molar-refractivity contribution is 0.0996. The van der Waals surface area contributed by atoms with E-state index >= 15 is 0 Å². The number of hydrogen-bond acceptors (Lipinski definition) is 2. The Bertz CT molecular complexity index is 1000. The average Bonchev–Trinajstić information content (AvgIpc) is 2.92. The molecule has 6 heteroatoms. The summed E-state index contributed by atoms with van der Waals surface area (Å²) < 4.78 is 1.95. The molecular formula is C21H21Cl2N3O. The third-order valence-corrected chi connectivity index (χ3v) is 4.50. The molecule has 0 saturated carbocycles. The zero-order valence-corrected chi connectivity index (χ0v) is 17.0. The number of primary amides is 1. The molecule has 140 valence electrons. The van der Waals surface area contributed by atoms with Crippen molar-refractivity contribution in [2.45, 2.75) is 27.2 Å². The van der Waals surface area contributed by atoms with Gasteiger partial charge in [-0.05, 0) is 35.7 Å². The van der Waals surface area contributed by atoms with Gasteiger partial charge in [-0.2, -0.15) is 0 Å².